The van der Waals surface area contributed by atoms with Gasteiger partial charge in [0, 0.05) is 21.8 Å². The van der Waals surface area contributed by atoms with Gasteiger partial charge in [0.1, 0.15) is 0 Å². The van der Waals surface area contributed by atoms with E-state index in [1.807, 2.05) is 0 Å². The van der Waals surface area contributed by atoms with Crippen molar-refractivity contribution in [3.8, 4) is 6.07 Å². The van der Waals surface area contributed by atoms with Crippen LogP contribution in [0.1, 0.15) is 20.3 Å². The summed E-state index contributed by atoms with van der Waals surface area (Å²) in [7, 11) is -1.58. The van der Waals surface area contributed by atoms with Crippen molar-refractivity contribution in [3.05, 3.63) is 0 Å². The van der Waals surface area contributed by atoms with Gasteiger partial charge < -0.3 is 0 Å². The summed E-state index contributed by atoms with van der Waals surface area (Å²) in [4.78, 5) is 0. The summed E-state index contributed by atoms with van der Waals surface area (Å²) < 4.78 is 47.5. The predicted molar refractivity (Wildman–Crippen MR) is 47.9 cm³/mol. The van der Waals surface area contributed by atoms with Gasteiger partial charge in [-0.05, 0) is 6.42 Å². The van der Waals surface area contributed by atoms with Crippen molar-refractivity contribution >= 4 is 10.8 Å². The number of rotatable bonds is 4. The Morgan fingerprint density at radius 2 is 2.00 bits per heavy atom. The van der Waals surface area contributed by atoms with Crippen LogP contribution in [0.4, 0.5) is 13.2 Å². The van der Waals surface area contributed by atoms with Crippen LogP contribution in [-0.2, 0) is 10.8 Å². The largest absolute Gasteiger partial charge is 0.405 e. The lowest BCUT2D eigenvalue weighted by Gasteiger charge is -2.15. The molecule has 0 heterocycles. The summed E-state index contributed by atoms with van der Waals surface area (Å²) >= 11 is 0. The van der Waals surface area contributed by atoms with Crippen LogP contribution in [0.5, 0.6) is 0 Å². The van der Waals surface area contributed by atoms with E-state index >= 15 is 0 Å². The molecule has 0 spiro atoms. The van der Waals surface area contributed by atoms with Gasteiger partial charge >= 0.3 is 6.18 Å². The van der Waals surface area contributed by atoms with E-state index in [-0.39, 0.29) is 5.25 Å². The summed E-state index contributed by atoms with van der Waals surface area (Å²) in [5.74, 6) is -2.73. The zero-order valence-electron chi connectivity index (χ0n) is 7.97. The maximum absolute atomic E-state index is 12.1. The van der Waals surface area contributed by atoms with E-state index in [2.05, 4.69) is 0 Å². The van der Waals surface area contributed by atoms with Crippen molar-refractivity contribution in [1.82, 2.24) is 0 Å². The van der Waals surface area contributed by atoms with Crippen molar-refractivity contribution in [1.29, 1.82) is 5.26 Å². The fraction of sp³-hybridized carbons (Fsp3) is 0.875. The van der Waals surface area contributed by atoms with E-state index in [9.17, 15) is 17.4 Å². The molecule has 0 amide bonds. The van der Waals surface area contributed by atoms with Gasteiger partial charge in [-0.2, -0.15) is 18.4 Å². The van der Waals surface area contributed by atoms with E-state index < -0.39 is 28.6 Å². The molecule has 6 heteroatoms. The molecule has 0 aromatic heterocycles. The van der Waals surface area contributed by atoms with E-state index in [4.69, 9.17) is 5.26 Å². The molecule has 0 saturated heterocycles. The molecule has 0 saturated carbocycles. The molecule has 0 fully saturated rings. The van der Waals surface area contributed by atoms with Crippen LogP contribution in [0.15, 0.2) is 0 Å². The molecule has 2 nitrogen and oxygen atoms in total. The topological polar surface area (TPSA) is 40.9 Å². The fourth-order valence-electron chi connectivity index (χ4n) is 0.719. The highest BCUT2D eigenvalue weighted by atomic mass is 32.2. The summed E-state index contributed by atoms with van der Waals surface area (Å²) in [5, 5.41) is 7.96. The van der Waals surface area contributed by atoms with Gasteiger partial charge in [-0.1, -0.05) is 13.8 Å². The van der Waals surface area contributed by atoms with Gasteiger partial charge in [-0.25, -0.2) is 0 Å². The Morgan fingerprint density at radius 3 is 2.29 bits per heavy atom. The zero-order valence-corrected chi connectivity index (χ0v) is 8.78. The molecular weight excluding hydrogens is 215 g/mol. The Bertz CT molecular complexity index is 246. The summed E-state index contributed by atoms with van der Waals surface area (Å²) in [6.07, 6.45) is -4.03. The highest BCUT2D eigenvalue weighted by molar-refractivity contribution is 7.85. The van der Waals surface area contributed by atoms with Crippen molar-refractivity contribution in [3.63, 3.8) is 0 Å². The molecule has 0 aromatic carbocycles. The van der Waals surface area contributed by atoms with Crippen molar-refractivity contribution < 1.29 is 17.4 Å². The van der Waals surface area contributed by atoms with Gasteiger partial charge in [0.25, 0.3) is 0 Å². The lowest BCUT2D eigenvalue weighted by molar-refractivity contribution is -0.153. The first-order valence-corrected chi connectivity index (χ1v) is 5.54. The minimum Gasteiger partial charge on any atom is -0.259 e. The summed E-state index contributed by atoms with van der Waals surface area (Å²) in [6, 6.07) is 1.13. The molecule has 0 aliphatic rings. The molecule has 0 bridgehead atoms. The monoisotopic (exact) mass is 227 g/mol. The average molecular weight is 227 g/mol. The highest BCUT2D eigenvalue weighted by Crippen LogP contribution is 2.26. The minimum absolute atomic E-state index is 0.298. The molecular formula is C8H12F3NOS. The molecule has 3 atom stereocenters. The van der Waals surface area contributed by atoms with Crippen LogP contribution in [0.3, 0.4) is 0 Å². The van der Waals surface area contributed by atoms with E-state index in [0.717, 1.165) is 6.07 Å². The van der Waals surface area contributed by atoms with Gasteiger partial charge in [-0.15, -0.1) is 0 Å². The maximum atomic E-state index is 12.1. The smallest absolute Gasteiger partial charge is 0.259 e. The highest BCUT2D eigenvalue weighted by Gasteiger charge is 2.41. The van der Waals surface area contributed by atoms with Crippen molar-refractivity contribution in [2.24, 2.45) is 5.92 Å². The zero-order chi connectivity index (χ0) is 11.4. The second kappa shape index (κ2) is 5.35. The number of halogens is 3. The Kier molecular flexibility index (Phi) is 5.13. The minimum atomic E-state index is -4.57. The third-order valence-electron chi connectivity index (χ3n) is 1.91. The van der Waals surface area contributed by atoms with Gasteiger partial charge in [0.05, 0.1) is 6.07 Å². The number of nitriles is 1. The van der Waals surface area contributed by atoms with Gasteiger partial charge in [0.15, 0.2) is 5.92 Å². The number of hydrogen-bond donors (Lipinski definition) is 0. The molecule has 0 aliphatic carbocycles. The molecule has 0 aliphatic heterocycles. The van der Waals surface area contributed by atoms with E-state index in [1.54, 1.807) is 13.8 Å². The third kappa shape index (κ3) is 4.09. The SMILES string of the molecule is CCC(C)S(=O)CC(C#N)C(F)(F)F. The van der Waals surface area contributed by atoms with E-state index in [0.29, 0.717) is 6.42 Å². The van der Waals surface area contributed by atoms with Crippen LogP contribution in [0, 0.1) is 17.2 Å². The first-order valence-electron chi connectivity index (χ1n) is 4.16. The fourth-order valence-corrected chi connectivity index (χ4v) is 2.01. The Balaban J connectivity index is 4.36. The second-order valence-corrected chi connectivity index (χ2v) is 4.89. The maximum Gasteiger partial charge on any atom is 0.405 e. The normalized spacial score (nSPS) is 18.3. The number of alkyl halides is 3. The second-order valence-electron chi connectivity index (χ2n) is 2.99. The Morgan fingerprint density at radius 1 is 1.50 bits per heavy atom. The van der Waals surface area contributed by atoms with Crippen molar-refractivity contribution in [2.45, 2.75) is 31.7 Å². The molecule has 0 N–H and O–H groups in total. The molecule has 0 aromatic rings. The summed E-state index contributed by atoms with van der Waals surface area (Å²) in [6.45, 7) is 3.36. The standard InChI is InChI=1S/C8H12F3NOS/c1-3-6(2)14(13)5-7(4-12)8(9,10)11/h6-7H,3,5H2,1-2H3. The van der Waals surface area contributed by atoms with Crippen LogP contribution in [-0.4, -0.2) is 21.4 Å². The van der Waals surface area contributed by atoms with Crippen LogP contribution in [0.25, 0.3) is 0 Å². The molecule has 82 valence electrons. The predicted octanol–water partition coefficient (Wildman–Crippen LogP) is 2.24. The third-order valence-corrected chi connectivity index (χ3v) is 3.80. The molecule has 14 heavy (non-hydrogen) atoms. The van der Waals surface area contributed by atoms with Gasteiger partial charge in [0.2, 0.25) is 0 Å². The Hall–Kier alpha value is -0.570. The van der Waals surface area contributed by atoms with Crippen molar-refractivity contribution in [2.75, 3.05) is 5.75 Å². The Labute approximate surface area is 83.6 Å². The lowest BCUT2D eigenvalue weighted by atomic mass is 10.2. The van der Waals surface area contributed by atoms with Crippen LogP contribution in [0.2, 0.25) is 0 Å². The number of nitrogens with zero attached hydrogens (tertiary/aromatic N) is 1. The van der Waals surface area contributed by atoms with Gasteiger partial charge in [-0.3, -0.25) is 4.21 Å². The first kappa shape index (κ1) is 13.4. The van der Waals surface area contributed by atoms with Crippen LogP contribution < -0.4 is 0 Å². The lowest BCUT2D eigenvalue weighted by Crippen LogP contribution is -2.29. The quantitative estimate of drug-likeness (QED) is 0.739. The molecule has 0 radical (unpaired) electrons. The van der Waals surface area contributed by atoms with Crippen LogP contribution >= 0.6 is 0 Å². The number of hydrogen-bond acceptors (Lipinski definition) is 2. The molecule has 0 rings (SSSR count). The average Bonchev–Trinajstić information content (AvgIpc) is 2.10. The van der Waals surface area contributed by atoms with E-state index in [1.165, 1.54) is 0 Å². The first-order chi connectivity index (χ1) is 6.32. The molecule has 3 unspecified atom stereocenters. The summed E-state index contributed by atoms with van der Waals surface area (Å²) in [5.41, 5.74) is 0.